The Labute approximate surface area is 460 Å². The van der Waals surface area contributed by atoms with Gasteiger partial charge in [-0.25, -0.2) is 63.1 Å². The molecule has 42 heteroatoms. The molecule has 0 radical (unpaired) electrons. The summed E-state index contributed by atoms with van der Waals surface area (Å²) in [4.78, 5) is 81.6. The largest absolute Gasteiger partial charge is 0.472 e. The van der Waals surface area contributed by atoms with Crippen molar-refractivity contribution in [2.24, 2.45) is 0 Å². The summed E-state index contributed by atoms with van der Waals surface area (Å²) in [5.41, 5.74) is 17.0. The summed E-state index contributed by atoms with van der Waals surface area (Å²) in [5.74, 6) is 0.154. The first kappa shape index (κ1) is 59.7. The molecule has 16 atom stereocenters. The van der Waals surface area contributed by atoms with Gasteiger partial charge in [0.05, 0.1) is 52.0 Å². The number of phosphoric ester groups is 3. The van der Waals surface area contributed by atoms with Gasteiger partial charge in [-0.2, -0.15) is 0 Å². The van der Waals surface area contributed by atoms with E-state index in [4.69, 9.17) is 77.7 Å². The fourth-order valence-electron chi connectivity index (χ4n) is 9.67. The summed E-state index contributed by atoms with van der Waals surface area (Å²) in [6, 6.07) is 0. The van der Waals surface area contributed by atoms with E-state index in [1.165, 1.54) is 39.8 Å². The Morgan fingerprint density at radius 1 is 0.667 bits per heavy atom. The molecule has 37 nitrogen and oxygen atoms in total. The van der Waals surface area contributed by atoms with E-state index in [2.05, 4.69) is 44.9 Å². The van der Waals surface area contributed by atoms with Crippen LogP contribution in [0.15, 0.2) is 38.0 Å². The Hall–Kier alpha value is -4.40. The van der Waals surface area contributed by atoms with E-state index in [1.54, 1.807) is 0 Å². The number of nitrogen functional groups attached to an aromatic ring is 3. The summed E-state index contributed by atoms with van der Waals surface area (Å²) < 4.78 is 127. The number of imidazole rings is 3. The number of methoxy groups -OCH3 is 1. The van der Waals surface area contributed by atoms with Gasteiger partial charge in [0.2, 0.25) is 0 Å². The van der Waals surface area contributed by atoms with Gasteiger partial charge in [-0.1, -0.05) is 6.92 Å². The van der Waals surface area contributed by atoms with Crippen LogP contribution in [0.1, 0.15) is 44.9 Å². The number of rotatable bonds is 25. The summed E-state index contributed by atoms with van der Waals surface area (Å²) in [6.07, 6.45) is -9.22. The van der Waals surface area contributed by atoms with E-state index in [0.717, 1.165) is 19.0 Å². The molecule has 7 unspecified atom stereocenters. The molecule has 0 spiro atoms. The lowest BCUT2D eigenvalue weighted by atomic mass is 9.89. The van der Waals surface area contributed by atoms with Gasteiger partial charge >= 0.3 is 30.3 Å². The quantitative estimate of drug-likeness (QED) is 0.0355. The molecule has 0 bridgehead atoms. The Morgan fingerprint density at radius 2 is 1.19 bits per heavy atom. The third-order valence-corrected chi connectivity index (χ3v) is 19.3. The average molecular weight is 1240 g/mol. The van der Waals surface area contributed by atoms with Crippen molar-refractivity contribution in [1.82, 2.24) is 58.6 Å². The molecule has 10 rings (SSSR count). The third kappa shape index (κ3) is 12.4. The highest BCUT2D eigenvalue weighted by molar-refractivity contribution is 8.54. The van der Waals surface area contributed by atoms with E-state index in [-0.39, 0.29) is 69.7 Å². The maximum atomic E-state index is 14.4. The number of hydrogen-bond acceptors (Lipinski definition) is 31. The molecule has 0 aliphatic carbocycles. The van der Waals surface area contributed by atoms with Crippen LogP contribution in [0, 0.1) is 0 Å². The second-order valence-corrected chi connectivity index (χ2v) is 26.6. The highest BCUT2D eigenvalue weighted by Crippen LogP contribution is 2.62. The SMILES string of the molecule is CCCSP(=O)(O)O[C@H]1C2OCCC[C@]2(COP(=O)(O)O[C@H]2C(O)[C@@H](COP(=O)(O)O[C@H]3C(OC)[C@@H](COP(=O)(O)OCCO)O[C@H]3n3cnc4c(N)ncnc43)O[C@H]2n2cnc3c(N)ncnc32)O[C@H]1n1cnc2c(N)ncnc21. The minimum atomic E-state index is -5.46. The molecule has 6 aromatic heterocycles. The van der Waals surface area contributed by atoms with Crippen molar-refractivity contribution in [3.63, 3.8) is 0 Å². The minimum Gasteiger partial charge on any atom is -0.394 e. The number of aliphatic hydroxyl groups is 2. The lowest BCUT2D eigenvalue weighted by Crippen LogP contribution is -2.51. The molecule has 0 aromatic carbocycles. The maximum Gasteiger partial charge on any atom is 0.472 e. The number of hydrogen-bond donors (Lipinski definition) is 9. The van der Waals surface area contributed by atoms with Crippen molar-refractivity contribution >= 4 is 92.6 Å². The van der Waals surface area contributed by atoms with Crippen molar-refractivity contribution < 1.29 is 103 Å². The topological polar surface area (TPSA) is 509 Å². The van der Waals surface area contributed by atoms with Gasteiger partial charge in [-0.15, -0.1) is 0 Å². The maximum absolute atomic E-state index is 14.4. The first-order chi connectivity index (χ1) is 38.6. The Balaban J connectivity index is 0.898. The zero-order valence-electron chi connectivity index (χ0n) is 42.4. The minimum absolute atomic E-state index is 0.0115. The number of phosphoric acid groups is 3. The van der Waals surface area contributed by atoms with Crippen LogP contribution in [-0.2, 0) is 73.6 Å². The third-order valence-electron chi connectivity index (χ3n) is 13.2. The van der Waals surface area contributed by atoms with Gasteiger partial charge in [0.15, 0.2) is 53.1 Å². The van der Waals surface area contributed by atoms with Crippen LogP contribution in [0.5, 0.6) is 0 Å². The molecule has 4 aliphatic rings. The highest BCUT2D eigenvalue weighted by atomic mass is 32.7. The molecular formula is C39H55N15O22P4S. The van der Waals surface area contributed by atoms with Crippen molar-refractivity contribution in [1.29, 1.82) is 0 Å². The number of aromatic nitrogens is 12. The predicted molar refractivity (Wildman–Crippen MR) is 273 cm³/mol. The standard InChI is InChI=1S/C39H55N15O22P4S/c1-3-9-81-80(63,64)76-28-29-39(5-4-7-66-29,73-38(28)54-18-51-23-32(42)45-15-48-35(23)54)12-70-79(61,62)74-26-24(56)19(71-36(26)52-16-49-21-30(40)43-13-46-33(21)52)10-69-78(59,60)75-27-25(65-2)20(11-68-77(57,58)67-8-6-55)72-37(27)53-17-50-22-31(41)44-14-47-34(22)53/h13-20,24-29,36-38,55-56H,3-12H2,1-2H3,(H,57,58)(H,59,60)(H,61,62)(H,63,64)(H2,40,43,46)(H2,41,44,47)(H2,42,45,48)/t19-,20-,24?,25?,26+,27+,28+,29?,36-,37-,38-,39-/m1/s1. The lowest BCUT2D eigenvalue weighted by Gasteiger charge is -2.38. The number of nitrogens with two attached hydrogens (primary N) is 3. The Bertz CT molecular complexity index is 3430. The van der Waals surface area contributed by atoms with Gasteiger partial charge in [0.25, 0.3) is 0 Å². The fraction of sp³-hybridized carbons (Fsp3) is 0.615. The van der Waals surface area contributed by atoms with Crippen LogP contribution in [0.4, 0.5) is 17.5 Å². The highest BCUT2D eigenvalue weighted by Gasteiger charge is 2.62. The normalized spacial score (nSPS) is 30.8. The van der Waals surface area contributed by atoms with Crippen LogP contribution in [0.2, 0.25) is 0 Å². The molecule has 12 N–H and O–H groups in total. The average Bonchev–Trinajstić information content (AvgIpc) is 3.03. The Kier molecular flexibility index (Phi) is 17.7. The van der Waals surface area contributed by atoms with Gasteiger partial charge in [0, 0.05) is 19.5 Å². The predicted octanol–water partition coefficient (Wildman–Crippen LogP) is 0.629. The number of ether oxygens (including phenoxy) is 5. The van der Waals surface area contributed by atoms with Crippen LogP contribution in [0.3, 0.4) is 0 Å². The molecule has 0 amide bonds. The van der Waals surface area contributed by atoms with Crippen molar-refractivity contribution in [2.45, 2.75) is 99.3 Å². The van der Waals surface area contributed by atoms with Crippen LogP contribution in [0.25, 0.3) is 33.5 Å². The van der Waals surface area contributed by atoms with Crippen molar-refractivity contribution in [3.05, 3.63) is 38.0 Å². The molecule has 81 heavy (non-hydrogen) atoms. The number of nitrogens with zero attached hydrogens (tertiary/aromatic N) is 12. The van der Waals surface area contributed by atoms with Crippen LogP contribution >= 0.6 is 41.6 Å². The zero-order valence-corrected chi connectivity index (χ0v) is 46.8. The van der Waals surface area contributed by atoms with E-state index in [0.29, 0.717) is 24.2 Å². The van der Waals surface area contributed by atoms with Gasteiger partial charge in [0.1, 0.15) is 90.0 Å². The Morgan fingerprint density at radius 3 is 1.75 bits per heavy atom. The van der Waals surface area contributed by atoms with E-state index >= 15 is 0 Å². The summed E-state index contributed by atoms with van der Waals surface area (Å²) in [7, 11) is -14.5. The summed E-state index contributed by atoms with van der Waals surface area (Å²) >= 11 is 0.683. The fourth-order valence-corrected chi connectivity index (χ4v) is 15.0. The lowest BCUT2D eigenvalue weighted by molar-refractivity contribution is -0.165. The van der Waals surface area contributed by atoms with E-state index < -0.39 is 136 Å². The molecule has 4 aliphatic heterocycles. The second-order valence-electron chi connectivity index (χ2n) is 18.4. The molecule has 444 valence electrons. The van der Waals surface area contributed by atoms with Crippen molar-refractivity contribution in [2.75, 3.05) is 69.7 Å². The monoisotopic (exact) mass is 1240 g/mol. The molecule has 10 heterocycles. The molecule has 4 saturated heterocycles. The summed E-state index contributed by atoms with van der Waals surface area (Å²) in [6.45, 7) is -6.22. The molecule has 4 fully saturated rings. The molecule has 0 saturated carbocycles. The van der Waals surface area contributed by atoms with Crippen LogP contribution < -0.4 is 17.2 Å². The molecule has 6 aromatic rings. The first-order valence-electron chi connectivity index (χ1n) is 24.4. The number of anilines is 3. The number of fused-ring (bicyclic) bond motifs is 4. The first-order valence-corrected chi connectivity index (χ1v) is 32.0. The smallest absolute Gasteiger partial charge is 0.394 e. The van der Waals surface area contributed by atoms with Crippen LogP contribution in [-0.4, -0.2) is 195 Å². The van der Waals surface area contributed by atoms with E-state index in [9.17, 15) is 42.9 Å². The number of aliphatic hydroxyl groups excluding tert-OH is 2. The van der Waals surface area contributed by atoms with E-state index in [1.807, 2.05) is 6.92 Å². The van der Waals surface area contributed by atoms with Crippen molar-refractivity contribution in [3.8, 4) is 0 Å². The zero-order chi connectivity index (χ0) is 57.6. The second kappa shape index (κ2) is 23.9. The van der Waals surface area contributed by atoms with Gasteiger partial charge in [-0.05, 0) is 30.6 Å². The van der Waals surface area contributed by atoms with Gasteiger partial charge < -0.3 is 70.7 Å². The molecular weight excluding hydrogens is 1190 g/mol. The summed E-state index contributed by atoms with van der Waals surface area (Å²) in [5, 5.41) is 21.1. The van der Waals surface area contributed by atoms with Gasteiger partial charge in [-0.3, -0.25) is 45.4 Å².